The average Bonchev–Trinajstić information content (AvgIpc) is 3.45. The maximum atomic E-state index is 12.9. The number of benzene rings is 2. The van der Waals surface area contributed by atoms with Gasteiger partial charge in [0, 0.05) is 18.1 Å². The molecule has 0 aliphatic heterocycles. The lowest BCUT2D eigenvalue weighted by atomic mass is 10.1. The van der Waals surface area contributed by atoms with Crippen molar-refractivity contribution in [3.63, 3.8) is 0 Å². The van der Waals surface area contributed by atoms with Crippen LogP contribution in [0.4, 0.5) is 0 Å². The van der Waals surface area contributed by atoms with E-state index in [1.165, 1.54) is 0 Å². The van der Waals surface area contributed by atoms with Gasteiger partial charge in [-0.25, -0.2) is 4.79 Å². The van der Waals surface area contributed by atoms with Crippen molar-refractivity contribution in [2.24, 2.45) is 0 Å². The summed E-state index contributed by atoms with van der Waals surface area (Å²) in [7, 11) is 0. The van der Waals surface area contributed by atoms with E-state index in [4.69, 9.17) is 9.15 Å². The SMILES string of the molecule is CCOC(=O)c1ccc(-c2ccc(/C=c3\sc4nc(=O)c(Cc5ccccc5)nn4c3=O)o2)cc1. The van der Waals surface area contributed by atoms with E-state index in [0.717, 1.165) is 27.0 Å². The number of nitrogens with zero attached hydrogens (tertiary/aromatic N) is 3. The number of rotatable bonds is 6. The number of ether oxygens (including phenoxy) is 1. The third-order valence-corrected chi connectivity index (χ3v) is 6.20. The lowest BCUT2D eigenvalue weighted by molar-refractivity contribution is 0.0526. The van der Waals surface area contributed by atoms with E-state index in [9.17, 15) is 14.4 Å². The van der Waals surface area contributed by atoms with Crippen molar-refractivity contribution < 1.29 is 13.9 Å². The first-order valence-electron chi connectivity index (χ1n) is 10.9. The fraction of sp³-hybridized carbons (Fsp3) is 0.115. The van der Waals surface area contributed by atoms with Crippen molar-refractivity contribution in [1.29, 1.82) is 0 Å². The van der Waals surface area contributed by atoms with E-state index in [0.29, 0.717) is 34.6 Å². The van der Waals surface area contributed by atoms with Gasteiger partial charge in [-0.3, -0.25) is 9.59 Å². The van der Waals surface area contributed by atoms with Crippen LogP contribution in [0.3, 0.4) is 0 Å². The lowest BCUT2D eigenvalue weighted by Crippen LogP contribution is -2.28. The molecule has 0 atom stereocenters. The number of fused-ring (bicyclic) bond motifs is 1. The normalized spacial score (nSPS) is 11.7. The summed E-state index contributed by atoms with van der Waals surface area (Å²) in [5.74, 6) is 0.662. The third kappa shape index (κ3) is 4.67. The molecule has 0 spiro atoms. The largest absolute Gasteiger partial charge is 0.462 e. The van der Waals surface area contributed by atoms with Crippen LogP contribution in [0.25, 0.3) is 22.4 Å². The smallest absolute Gasteiger partial charge is 0.338 e. The lowest BCUT2D eigenvalue weighted by Gasteiger charge is -2.02. The summed E-state index contributed by atoms with van der Waals surface area (Å²) in [6, 6.07) is 19.8. The molecule has 3 aromatic heterocycles. The molecule has 174 valence electrons. The molecule has 0 radical (unpaired) electrons. The maximum absolute atomic E-state index is 12.9. The highest BCUT2D eigenvalue weighted by Gasteiger charge is 2.13. The Morgan fingerprint density at radius 2 is 1.83 bits per heavy atom. The Balaban J connectivity index is 1.44. The van der Waals surface area contributed by atoms with Gasteiger partial charge in [0.1, 0.15) is 21.7 Å². The zero-order valence-electron chi connectivity index (χ0n) is 18.6. The molecule has 9 heteroatoms. The summed E-state index contributed by atoms with van der Waals surface area (Å²) in [6.07, 6.45) is 1.89. The van der Waals surface area contributed by atoms with Gasteiger partial charge in [-0.15, -0.1) is 0 Å². The minimum absolute atomic E-state index is 0.210. The highest BCUT2D eigenvalue weighted by atomic mass is 32.1. The van der Waals surface area contributed by atoms with Gasteiger partial charge >= 0.3 is 5.97 Å². The minimum atomic E-state index is -0.451. The first-order chi connectivity index (χ1) is 17.0. The highest BCUT2D eigenvalue weighted by Crippen LogP contribution is 2.23. The molecular formula is C26H19N3O5S. The molecule has 0 bridgehead atoms. The molecule has 0 aliphatic carbocycles. The number of thiazole rings is 1. The predicted molar refractivity (Wildman–Crippen MR) is 132 cm³/mol. The van der Waals surface area contributed by atoms with Crippen LogP contribution in [0.15, 0.2) is 80.7 Å². The van der Waals surface area contributed by atoms with E-state index in [1.54, 1.807) is 49.4 Å². The Morgan fingerprint density at radius 1 is 1.06 bits per heavy atom. The zero-order valence-corrected chi connectivity index (χ0v) is 19.5. The topological polar surface area (TPSA) is 104 Å². The average molecular weight is 486 g/mol. The van der Waals surface area contributed by atoms with E-state index in [-0.39, 0.29) is 22.2 Å². The first kappa shape index (κ1) is 22.4. The quantitative estimate of drug-likeness (QED) is 0.341. The molecule has 35 heavy (non-hydrogen) atoms. The second-order valence-electron chi connectivity index (χ2n) is 7.64. The van der Waals surface area contributed by atoms with Crippen LogP contribution < -0.4 is 15.7 Å². The van der Waals surface area contributed by atoms with Gasteiger partial charge in [0.15, 0.2) is 0 Å². The standard InChI is InChI=1S/C26H19N3O5S/c1-2-33-25(32)18-10-8-17(9-11-18)21-13-12-19(34-21)15-22-24(31)29-26(35-22)27-23(30)20(28-29)14-16-6-4-3-5-7-16/h3-13,15H,2,14H2,1H3/b22-15-. The Hall–Kier alpha value is -4.37. The second kappa shape index (κ2) is 9.47. The number of carbonyl (C=O) groups is 1. The van der Waals surface area contributed by atoms with Crippen LogP contribution in [0, 0.1) is 0 Å². The molecule has 0 unspecified atom stereocenters. The van der Waals surface area contributed by atoms with Gasteiger partial charge < -0.3 is 9.15 Å². The number of esters is 1. The summed E-state index contributed by atoms with van der Waals surface area (Å²) >= 11 is 1.07. The van der Waals surface area contributed by atoms with Crippen molar-refractivity contribution >= 4 is 28.3 Å². The van der Waals surface area contributed by atoms with Crippen molar-refractivity contribution in [3.05, 3.63) is 115 Å². The Kier molecular flexibility index (Phi) is 6.07. The molecule has 0 saturated carbocycles. The monoisotopic (exact) mass is 485 g/mol. The molecule has 0 fully saturated rings. The summed E-state index contributed by atoms with van der Waals surface area (Å²) in [5.41, 5.74) is 1.53. The zero-order chi connectivity index (χ0) is 24.4. The van der Waals surface area contributed by atoms with Gasteiger partial charge in [-0.2, -0.15) is 14.6 Å². The molecular weight excluding hydrogens is 466 g/mol. The Labute approximate surface area is 202 Å². The van der Waals surface area contributed by atoms with E-state index in [1.807, 2.05) is 30.3 Å². The fourth-order valence-electron chi connectivity index (χ4n) is 3.54. The van der Waals surface area contributed by atoms with Gasteiger partial charge in [0.25, 0.3) is 11.1 Å². The van der Waals surface area contributed by atoms with E-state index < -0.39 is 5.56 Å². The molecule has 0 saturated heterocycles. The number of carbonyl (C=O) groups excluding carboxylic acids is 1. The molecule has 0 aliphatic rings. The summed E-state index contributed by atoms with van der Waals surface area (Å²) in [5, 5.41) is 4.27. The predicted octanol–water partition coefficient (Wildman–Crippen LogP) is 3.09. The first-order valence-corrected chi connectivity index (χ1v) is 11.7. The fourth-order valence-corrected chi connectivity index (χ4v) is 4.43. The number of hydrogen-bond donors (Lipinski definition) is 0. The Bertz CT molecular complexity index is 1690. The van der Waals surface area contributed by atoms with Crippen LogP contribution in [0.2, 0.25) is 0 Å². The molecule has 0 N–H and O–H groups in total. The third-order valence-electron chi connectivity index (χ3n) is 5.25. The van der Waals surface area contributed by atoms with Crippen LogP contribution in [-0.2, 0) is 11.2 Å². The molecule has 8 nitrogen and oxygen atoms in total. The van der Waals surface area contributed by atoms with Gasteiger partial charge in [0.2, 0.25) is 4.96 Å². The molecule has 5 aromatic rings. The molecule has 5 rings (SSSR count). The maximum Gasteiger partial charge on any atom is 0.338 e. The molecule has 2 aromatic carbocycles. The van der Waals surface area contributed by atoms with Gasteiger partial charge in [-0.1, -0.05) is 53.8 Å². The van der Waals surface area contributed by atoms with Crippen LogP contribution in [-0.4, -0.2) is 27.2 Å². The van der Waals surface area contributed by atoms with Crippen LogP contribution >= 0.6 is 11.3 Å². The molecule has 0 amide bonds. The van der Waals surface area contributed by atoms with E-state index >= 15 is 0 Å². The summed E-state index contributed by atoms with van der Waals surface area (Å²) in [4.78, 5) is 41.5. The van der Waals surface area contributed by atoms with Crippen molar-refractivity contribution in [2.45, 2.75) is 13.3 Å². The summed E-state index contributed by atoms with van der Waals surface area (Å²) in [6.45, 7) is 2.07. The highest BCUT2D eigenvalue weighted by molar-refractivity contribution is 7.15. The number of hydrogen-bond acceptors (Lipinski definition) is 8. The minimum Gasteiger partial charge on any atom is -0.462 e. The van der Waals surface area contributed by atoms with Crippen LogP contribution in [0.1, 0.15) is 34.3 Å². The van der Waals surface area contributed by atoms with Crippen molar-refractivity contribution in [1.82, 2.24) is 14.6 Å². The number of furan rings is 1. The Morgan fingerprint density at radius 3 is 2.57 bits per heavy atom. The van der Waals surface area contributed by atoms with Crippen LogP contribution in [0.5, 0.6) is 0 Å². The number of aromatic nitrogens is 3. The van der Waals surface area contributed by atoms with E-state index in [2.05, 4.69) is 10.1 Å². The second-order valence-corrected chi connectivity index (χ2v) is 8.65. The van der Waals surface area contributed by atoms with Crippen molar-refractivity contribution in [3.8, 4) is 11.3 Å². The molecule has 3 heterocycles. The van der Waals surface area contributed by atoms with Gasteiger partial charge in [0.05, 0.1) is 12.2 Å². The van der Waals surface area contributed by atoms with Crippen molar-refractivity contribution in [2.75, 3.05) is 6.61 Å². The summed E-state index contributed by atoms with van der Waals surface area (Å²) < 4.78 is 12.4. The van der Waals surface area contributed by atoms with Gasteiger partial charge in [-0.05, 0) is 36.8 Å².